The SMILES string of the molecule is CC(C)NCCCCCNC(=O)C(CCCCN)C(C)C. The van der Waals surface area contributed by atoms with Crippen LogP contribution < -0.4 is 16.4 Å². The van der Waals surface area contributed by atoms with Crippen LogP contribution in [0.15, 0.2) is 0 Å². The summed E-state index contributed by atoms with van der Waals surface area (Å²) in [5.74, 6) is 0.763. The second-order valence-corrected chi connectivity index (χ2v) is 6.60. The molecule has 0 aromatic rings. The predicted molar refractivity (Wildman–Crippen MR) is 91.2 cm³/mol. The van der Waals surface area contributed by atoms with Crippen LogP contribution in [-0.4, -0.2) is 31.6 Å². The van der Waals surface area contributed by atoms with Gasteiger partial charge >= 0.3 is 0 Å². The molecule has 0 bridgehead atoms. The van der Waals surface area contributed by atoms with E-state index in [1.54, 1.807) is 0 Å². The van der Waals surface area contributed by atoms with Crippen LogP contribution in [0.2, 0.25) is 0 Å². The van der Waals surface area contributed by atoms with E-state index in [0.717, 1.165) is 45.3 Å². The van der Waals surface area contributed by atoms with E-state index in [9.17, 15) is 4.79 Å². The van der Waals surface area contributed by atoms with E-state index in [4.69, 9.17) is 5.73 Å². The van der Waals surface area contributed by atoms with Gasteiger partial charge < -0.3 is 16.4 Å². The number of nitrogens with one attached hydrogen (secondary N) is 2. The molecule has 0 fully saturated rings. The van der Waals surface area contributed by atoms with Crippen molar-refractivity contribution in [3.05, 3.63) is 0 Å². The zero-order valence-electron chi connectivity index (χ0n) is 14.6. The molecule has 0 saturated carbocycles. The molecule has 0 aromatic carbocycles. The Balaban J connectivity index is 3.73. The first-order chi connectivity index (χ1) is 9.99. The molecule has 0 spiro atoms. The first-order valence-corrected chi connectivity index (χ1v) is 8.70. The molecule has 1 atom stereocenters. The zero-order valence-corrected chi connectivity index (χ0v) is 14.6. The summed E-state index contributed by atoms with van der Waals surface area (Å²) in [5.41, 5.74) is 5.52. The fourth-order valence-electron chi connectivity index (χ4n) is 2.44. The van der Waals surface area contributed by atoms with Crippen LogP contribution in [0, 0.1) is 11.8 Å². The second kappa shape index (κ2) is 13.1. The summed E-state index contributed by atoms with van der Waals surface area (Å²) in [5, 5.41) is 6.51. The number of nitrogens with two attached hydrogens (primary N) is 1. The molecular weight excluding hydrogens is 262 g/mol. The van der Waals surface area contributed by atoms with E-state index in [2.05, 4.69) is 38.3 Å². The van der Waals surface area contributed by atoms with E-state index in [1.807, 2.05) is 0 Å². The largest absolute Gasteiger partial charge is 0.356 e. The van der Waals surface area contributed by atoms with Gasteiger partial charge in [0.2, 0.25) is 5.91 Å². The van der Waals surface area contributed by atoms with Crippen molar-refractivity contribution in [2.45, 2.75) is 72.3 Å². The highest BCUT2D eigenvalue weighted by atomic mass is 16.1. The smallest absolute Gasteiger partial charge is 0.223 e. The summed E-state index contributed by atoms with van der Waals surface area (Å²) in [4.78, 5) is 12.2. The maximum atomic E-state index is 12.2. The van der Waals surface area contributed by atoms with Gasteiger partial charge in [0.05, 0.1) is 0 Å². The van der Waals surface area contributed by atoms with E-state index in [1.165, 1.54) is 12.8 Å². The molecule has 0 aromatic heterocycles. The van der Waals surface area contributed by atoms with Crippen molar-refractivity contribution >= 4 is 5.91 Å². The monoisotopic (exact) mass is 299 g/mol. The van der Waals surface area contributed by atoms with Crippen LogP contribution in [0.3, 0.4) is 0 Å². The fourth-order valence-corrected chi connectivity index (χ4v) is 2.44. The minimum atomic E-state index is 0.138. The molecule has 0 saturated heterocycles. The van der Waals surface area contributed by atoms with Crippen molar-refractivity contribution in [3.8, 4) is 0 Å². The highest BCUT2D eigenvalue weighted by Crippen LogP contribution is 2.18. The van der Waals surface area contributed by atoms with Crippen LogP contribution in [0.25, 0.3) is 0 Å². The highest BCUT2D eigenvalue weighted by Gasteiger charge is 2.20. The molecule has 4 nitrogen and oxygen atoms in total. The molecule has 0 aliphatic rings. The number of hydrogen-bond donors (Lipinski definition) is 3. The molecule has 0 radical (unpaired) electrons. The summed E-state index contributed by atoms with van der Waals surface area (Å²) in [7, 11) is 0. The van der Waals surface area contributed by atoms with Crippen LogP contribution in [-0.2, 0) is 4.79 Å². The molecule has 0 rings (SSSR count). The molecule has 0 aliphatic heterocycles. The van der Waals surface area contributed by atoms with Gasteiger partial charge in [-0.3, -0.25) is 4.79 Å². The van der Waals surface area contributed by atoms with Gasteiger partial charge in [-0.15, -0.1) is 0 Å². The van der Waals surface area contributed by atoms with Crippen molar-refractivity contribution in [2.75, 3.05) is 19.6 Å². The first-order valence-electron chi connectivity index (χ1n) is 8.70. The third-order valence-electron chi connectivity index (χ3n) is 3.82. The summed E-state index contributed by atoms with van der Waals surface area (Å²) in [6.45, 7) is 11.2. The van der Waals surface area contributed by atoms with Crippen LogP contribution >= 0.6 is 0 Å². The van der Waals surface area contributed by atoms with E-state index < -0.39 is 0 Å². The Morgan fingerprint density at radius 3 is 2.19 bits per heavy atom. The normalized spacial score (nSPS) is 12.9. The minimum Gasteiger partial charge on any atom is -0.356 e. The average molecular weight is 300 g/mol. The van der Waals surface area contributed by atoms with Crippen LogP contribution in [0.5, 0.6) is 0 Å². The van der Waals surface area contributed by atoms with Gasteiger partial charge in [0, 0.05) is 18.5 Å². The highest BCUT2D eigenvalue weighted by molar-refractivity contribution is 5.78. The van der Waals surface area contributed by atoms with Crippen molar-refractivity contribution < 1.29 is 4.79 Å². The third kappa shape index (κ3) is 11.7. The Bertz CT molecular complexity index is 254. The van der Waals surface area contributed by atoms with E-state index in [-0.39, 0.29) is 11.8 Å². The van der Waals surface area contributed by atoms with Gasteiger partial charge in [-0.2, -0.15) is 0 Å². The summed E-state index contributed by atoms with van der Waals surface area (Å²) >= 11 is 0. The predicted octanol–water partition coefficient (Wildman–Crippen LogP) is 2.67. The standard InChI is InChI=1S/C17H37N3O/c1-14(2)16(10-6-7-11-18)17(21)20-13-9-5-8-12-19-15(3)4/h14-16,19H,5-13,18H2,1-4H3,(H,20,21). The van der Waals surface area contributed by atoms with Gasteiger partial charge in [0.1, 0.15) is 0 Å². The summed E-state index contributed by atoms with van der Waals surface area (Å²) < 4.78 is 0. The van der Waals surface area contributed by atoms with Crippen LogP contribution in [0.1, 0.15) is 66.2 Å². The quantitative estimate of drug-likeness (QED) is 0.458. The lowest BCUT2D eigenvalue weighted by Gasteiger charge is -2.20. The Morgan fingerprint density at radius 2 is 1.62 bits per heavy atom. The topological polar surface area (TPSA) is 67.1 Å². The molecule has 126 valence electrons. The molecule has 0 aliphatic carbocycles. The lowest BCUT2D eigenvalue weighted by Crippen LogP contribution is -2.34. The molecule has 4 N–H and O–H groups in total. The Morgan fingerprint density at radius 1 is 0.952 bits per heavy atom. The van der Waals surface area contributed by atoms with Crippen molar-refractivity contribution in [3.63, 3.8) is 0 Å². The van der Waals surface area contributed by atoms with Gasteiger partial charge in [0.25, 0.3) is 0 Å². The number of carbonyl (C=O) groups excluding carboxylic acids is 1. The minimum absolute atomic E-state index is 0.138. The number of rotatable bonds is 13. The number of unbranched alkanes of at least 4 members (excludes halogenated alkanes) is 3. The summed E-state index contributed by atoms with van der Waals surface area (Å²) in [6, 6.07) is 0.560. The van der Waals surface area contributed by atoms with Crippen molar-refractivity contribution in [2.24, 2.45) is 17.6 Å². The van der Waals surface area contributed by atoms with E-state index >= 15 is 0 Å². The molecule has 4 heteroatoms. The summed E-state index contributed by atoms with van der Waals surface area (Å²) in [6.07, 6.45) is 6.43. The van der Waals surface area contributed by atoms with Crippen molar-refractivity contribution in [1.29, 1.82) is 0 Å². The molecule has 0 heterocycles. The molecule has 1 unspecified atom stereocenters. The first kappa shape index (κ1) is 20.4. The van der Waals surface area contributed by atoms with Crippen molar-refractivity contribution in [1.82, 2.24) is 10.6 Å². The molecule has 1 amide bonds. The number of amides is 1. The lowest BCUT2D eigenvalue weighted by atomic mass is 9.89. The van der Waals surface area contributed by atoms with Gasteiger partial charge in [-0.05, 0) is 44.7 Å². The third-order valence-corrected chi connectivity index (χ3v) is 3.82. The molecule has 21 heavy (non-hydrogen) atoms. The fraction of sp³-hybridized carbons (Fsp3) is 0.941. The Hall–Kier alpha value is -0.610. The van der Waals surface area contributed by atoms with Gasteiger partial charge in [-0.1, -0.05) is 40.5 Å². The second-order valence-electron chi connectivity index (χ2n) is 6.60. The Kier molecular flexibility index (Phi) is 12.7. The Labute approximate surface area is 131 Å². The van der Waals surface area contributed by atoms with Gasteiger partial charge in [-0.25, -0.2) is 0 Å². The maximum absolute atomic E-state index is 12.2. The van der Waals surface area contributed by atoms with Gasteiger partial charge in [0.15, 0.2) is 0 Å². The number of carbonyl (C=O) groups is 1. The molecular formula is C17H37N3O. The van der Waals surface area contributed by atoms with E-state index in [0.29, 0.717) is 12.0 Å². The zero-order chi connectivity index (χ0) is 16.1. The maximum Gasteiger partial charge on any atom is 0.223 e. The number of hydrogen-bond acceptors (Lipinski definition) is 3. The average Bonchev–Trinajstić information content (AvgIpc) is 2.41. The lowest BCUT2D eigenvalue weighted by molar-refractivity contribution is -0.126. The van der Waals surface area contributed by atoms with Crippen LogP contribution in [0.4, 0.5) is 0 Å².